The average molecular weight is 428 g/mol. The minimum Gasteiger partial charge on any atom is -0.497 e. The molecular formula is C17H18BrNO5S. The highest BCUT2D eigenvalue weighted by molar-refractivity contribution is 9.10. The van der Waals surface area contributed by atoms with E-state index in [1.54, 1.807) is 41.3 Å². The van der Waals surface area contributed by atoms with Gasteiger partial charge in [0, 0.05) is 11.6 Å². The largest absolute Gasteiger partial charge is 0.497 e. The Morgan fingerprint density at radius 3 is 2.76 bits per heavy atom. The van der Waals surface area contributed by atoms with Gasteiger partial charge in [0.1, 0.15) is 11.5 Å². The second-order valence-electron chi connectivity index (χ2n) is 5.93. The van der Waals surface area contributed by atoms with E-state index in [0.29, 0.717) is 28.2 Å². The summed E-state index contributed by atoms with van der Waals surface area (Å²) in [6, 6.07) is 9.97. The summed E-state index contributed by atoms with van der Waals surface area (Å²) in [5.41, 5.74) is 0.453. The molecule has 1 fully saturated rings. The Morgan fingerprint density at radius 1 is 1.36 bits per heavy atom. The van der Waals surface area contributed by atoms with Crippen LogP contribution in [0.5, 0.6) is 5.75 Å². The highest BCUT2D eigenvalue weighted by Gasteiger charge is 2.35. The summed E-state index contributed by atoms with van der Waals surface area (Å²) in [6.07, 6.45) is 0.430. The third kappa shape index (κ3) is 4.24. The second-order valence-corrected chi connectivity index (χ2v) is 8.94. The van der Waals surface area contributed by atoms with E-state index >= 15 is 0 Å². The summed E-state index contributed by atoms with van der Waals surface area (Å²) < 4.78 is 35.0. The van der Waals surface area contributed by atoms with Crippen molar-refractivity contribution in [3.63, 3.8) is 0 Å². The van der Waals surface area contributed by atoms with Crippen LogP contribution in [-0.2, 0) is 16.4 Å². The number of benzene rings is 1. The van der Waals surface area contributed by atoms with Crippen molar-refractivity contribution in [2.45, 2.75) is 19.0 Å². The molecule has 0 bridgehead atoms. The lowest BCUT2D eigenvalue weighted by molar-refractivity contribution is 0.0665. The number of halogens is 1. The predicted molar refractivity (Wildman–Crippen MR) is 96.3 cm³/mol. The number of ether oxygens (including phenoxy) is 1. The van der Waals surface area contributed by atoms with Crippen LogP contribution in [0.15, 0.2) is 45.5 Å². The molecule has 1 aromatic carbocycles. The van der Waals surface area contributed by atoms with E-state index in [9.17, 15) is 13.2 Å². The van der Waals surface area contributed by atoms with Gasteiger partial charge in [0.2, 0.25) is 0 Å². The quantitative estimate of drug-likeness (QED) is 0.732. The number of amides is 1. The third-order valence-electron chi connectivity index (χ3n) is 4.18. The first-order valence-corrected chi connectivity index (χ1v) is 10.4. The summed E-state index contributed by atoms with van der Waals surface area (Å²) in [5, 5.41) is 0. The molecule has 0 spiro atoms. The van der Waals surface area contributed by atoms with E-state index in [0.717, 1.165) is 0 Å². The molecule has 2 heterocycles. The average Bonchev–Trinajstić information content (AvgIpc) is 3.17. The van der Waals surface area contributed by atoms with Crippen LogP contribution in [0.2, 0.25) is 0 Å². The van der Waals surface area contributed by atoms with Gasteiger partial charge in [0.15, 0.2) is 14.5 Å². The van der Waals surface area contributed by atoms with Crippen LogP contribution in [0, 0.1) is 0 Å². The number of carbonyl (C=O) groups is 1. The lowest BCUT2D eigenvalue weighted by Gasteiger charge is -2.27. The maximum Gasteiger partial charge on any atom is 0.254 e. The number of rotatable bonds is 5. The molecule has 6 nitrogen and oxygen atoms in total. The van der Waals surface area contributed by atoms with Crippen molar-refractivity contribution in [1.82, 2.24) is 4.90 Å². The van der Waals surface area contributed by atoms with Crippen LogP contribution < -0.4 is 4.74 Å². The van der Waals surface area contributed by atoms with E-state index in [2.05, 4.69) is 15.9 Å². The summed E-state index contributed by atoms with van der Waals surface area (Å²) in [6.45, 7) is 0.210. The predicted octanol–water partition coefficient (Wildman–Crippen LogP) is 2.88. The Hall–Kier alpha value is -1.80. The zero-order chi connectivity index (χ0) is 18.0. The minimum absolute atomic E-state index is 0.0232. The Balaban J connectivity index is 1.90. The lowest BCUT2D eigenvalue weighted by Crippen LogP contribution is -2.40. The molecule has 8 heteroatoms. The summed E-state index contributed by atoms with van der Waals surface area (Å²) >= 11 is 3.24. The summed E-state index contributed by atoms with van der Waals surface area (Å²) in [5.74, 6) is 0.998. The van der Waals surface area contributed by atoms with Crippen molar-refractivity contribution in [2.24, 2.45) is 0 Å². The number of methoxy groups -OCH3 is 1. The molecular weight excluding hydrogens is 410 g/mol. The fourth-order valence-corrected chi connectivity index (χ4v) is 4.99. The fourth-order valence-electron chi connectivity index (χ4n) is 2.91. The van der Waals surface area contributed by atoms with Crippen LogP contribution >= 0.6 is 15.9 Å². The van der Waals surface area contributed by atoms with Crippen molar-refractivity contribution in [2.75, 3.05) is 18.6 Å². The number of hydrogen-bond acceptors (Lipinski definition) is 5. The fraction of sp³-hybridized carbons (Fsp3) is 0.353. The first-order valence-electron chi connectivity index (χ1n) is 7.77. The number of furan rings is 1. The first kappa shape index (κ1) is 18.0. The Bertz CT molecular complexity index is 877. The Morgan fingerprint density at radius 2 is 2.16 bits per heavy atom. The van der Waals surface area contributed by atoms with Crippen LogP contribution in [0.4, 0.5) is 0 Å². The Labute approximate surface area is 154 Å². The molecule has 1 aromatic heterocycles. The molecule has 0 unspecified atom stereocenters. The molecule has 134 valence electrons. The van der Waals surface area contributed by atoms with Gasteiger partial charge in [-0.2, -0.15) is 0 Å². The van der Waals surface area contributed by atoms with E-state index in [1.165, 1.54) is 7.11 Å². The molecule has 25 heavy (non-hydrogen) atoms. The van der Waals surface area contributed by atoms with Crippen LogP contribution in [0.25, 0.3) is 0 Å². The second kappa shape index (κ2) is 7.21. The van der Waals surface area contributed by atoms with Gasteiger partial charge in [-0.05, 0) is 52.7 Å². The topological polar surface area (TPSA) is 76.8 Å². The van der Waals surface area contributed by atoms with Gasteiger partial charge in [-0.1, -0.05) is 6.07 Å². The molecule has 1 aliphatic heterocycles. The Kier molecular flexibility index (Phi) is 5.19. The molecule has 0 aliphatic carbocycles. The smallest absolute Gasteiger partial charge is 0.254 e. The van der Waals surface area contributed by atoms with E-state index in [4.69, 9.17) is 9.15 Å². The number of nitrogens with zero attached hydrogens (tertiary/aromatic N) is 1. The summed E-state index contributed by atoms with van der Waals surface area (Å²) in [7, 11) is -1.58. The van der Waals surface area contributed by atoms with Crippen molar-refractivity contribution in [3.8, 4) is 5.75 Å². The first-order chi connectivity index (χ1) is 11.9. The molecule has 2 aromatic rings. The lowest BCUT2D eigenvalue weighted by atomic mass is 10.1. The van der Waals surface area contributed by atoms with E-state index < -0.39 is 9.84 Å². The zero-order valence-electron chi connectivity index (χ0n) is 13.6. The van der Waals surface area contributed by atoms with Crippen LogP contribution in [-0.4, -0.2) is 43.9 Å². The highest BCUT2D eigenvalue weighted by Crippen LogP contribution is 2.25. The van der Waals surface area contributed by atoms with Crippen molar-refractivity contribution >= 4 is 31.7 Å². The van der Waals surface area contributed by atoms with Gasteiger partial charge >= 0.3 is 0 Å². The minimum atomic E-state index is -3.11. The van der Waals surface area contributed by atoms with Crippen molar-refractivity contribution in [1.29, 1.82) is 0 Å². The van der Waals surface area contributed by atoms with Gasteiger partial charge in [0.25, 0.3) is 5.91 Å². The number of carbonyl (C=O) groups excluding carboxylic acids is 1. The molecule has 0 N–H and O–H groups in total. The maximum atomic E-state index is 13.0. The van der Waals surface area contributed by atoms with Gasteiger partial charge in [-0.25, -0.2) is 8.42 Å². The molecule has 0 saturated carbocycles. The molecule has 0 radical (unpaired) electrons. The van der Waals surface area contributed by atoms with Gasteiger partial charge in [0.05, 0.1) is 25.2 Å². The zero-order valence-corrected chi connectivity index (χ0v) is 16.0. The van der Waals surface area contributed by atoms with Gasteiger partial charge < -0.3 is 14.1 Å². The summed E-state index contributed by atoms with van der Waals surface area (Å²) in [4.78, 5) is 14.6. The van der Waals surface area contributed by atoms with Crippen molar-refractivity contribution < 1.29 is 22.4 Å². The van der Waals surface area contributed by atoms with E-state index in [1.807, 2.05) is 0 Å². The molecule has 1 aliphatic rings. The van der Waals surface area contributed by atoms with Crippen molar-refractivity contribution in [3.05, 3.63) is 52.4 Å². The van der Waals surface area contributed by atoms with E-state index in [-0.39, 0.29) is 30.0 Å². The monoisotopic (exact) mass is 427 g/mol. The maximum absolute atomic E-state index is 13.0. The molecule has 1 saturated heterocycles. The molecule has 1 atom stereocenters. The molecule has 1 amide bonds. The standard InChI is InChI=1S/C17H18BrNO5S/c1-23-14-4-2-3-12(9-14)17(20)19(10-15-5-6-16(18)24-15)13-7-8-25(21,22)11-13/h2-6,9,13H,7-8,10-11H2,1H3/t13-/m0/s1. The van der Waals surface area contributed by atoms with Gasteiger partial charge in [-0.15, -0.1) is 0 Å². The highest BCUT2D eigenvalue weighted by atomic mass is 79.9. The molecule has 3 rings (SSSR count). The third-order valence-corrected chi connectivity index (χ3v) is 6.36. The van der Waals surface area contributed by atoms with Crippen LogP contribution in [0.3, 0.4) is 0 Å². The SMILES string of the molecule is COc1cccc(C(=O)N(Cc2ccc(Br)o2)[C@H]2CCS(=O)(=O)C2)c1. The number of hydrogen-bond donors (Lipinski definition) is 0. The van der Waals surface area contributed by atoms with Gasteiger partial charge in [-0.3, -0.25) is 4.79 Å². The van der Waals surface area contributed by atoms with Crippen LogP contribution in [0.1, 0.15) is 22.5 Å². The normalized spacial score (nSPS) is 18.9. The number of sulfone groups is 1.